The van der Waals surface area contributed by atoms with Crippen LogP contribution in [-0.4, -0.2) is 17.7 Å². The molecule has 0 bridgehead atoms. The van der Waals surface area contributed by atoms with Gasteiger partial charge in [0.25, 0.3) is 0 Å². The summed E-state index contributed by atoms with van der Waals surface area (Å²) in [6.07, 6.45) is 3.43. The summed E-state index contributed by atoms with van der Waals surface area (Å²) in [5.41, 5.74) is 2.69. The van der Waals surface area contributed by atoms with E-state index in [1.54, 1.807) is 0 Å². The maximum absolute atomic E-state index is 5.51. The Kier molecular flexibility index (Phi) is 4.00. The third kappa shape index (κ3) is 2.60. The Labute approximate surface area is 109 Å². The molecule has 0 aromatic heterocycles. The van der Waals surface area contributed by atoms with Crippen molar-refractivity contribution in [3.8, 4) is 0 Å². The monoisotopic (exact) mass is 248 g/mol. The third-order valence-corrected chi connectivity index (χ3v) is 3.61. The summed E-state index contributed by atoms with van der Waals surface area (Å²) in [6.45, 7) is 5.35. The number of nitrogens with one attached hydrogen (secondary N) is 1. The Bertz CT molecular complexity index is 403. The fraction of sp³-hybridized carbons (Fsp3) is 0.500. The molecule has 1 aromatic carbocycles. The van der Waals surface area contributed by atoms with Gasteiger partial charge in [0.1, 0.15) is 0 Å². The number of anilines is 1. The van der Waals surface area contributed by atoms with E-state index in [0.29, 0.717) is 6.04 Å². The van der Waals surface area contributed by atoms with E-state index >= 15 is 0 Å². The summed E-state index contributed by atoms with van der Waals surface area (Å²) in [5.74, 6) is 0. The molecule has 1 atom stereocenters. The Morgan fingerprint density at radius 3 is 3.00 bits per heavy atom. The molecule has 1 heterocycles. The minimum atomic E-state index is 0.488. The lowest BCUT2D eigenvalue weighted by Gasteiger charge is -2.37. The minimum Gasteiger partial charge on any atom is -0.362 e. The van der Waals surface area contributed by atoms with E-state index in [1.165, 1.54) is 17.7 Å². The van der Waals surface area contributed by atoms with Crippen molar-refractivity contribution >= 4 is 23.0 Å². The Balaban J connectivity index is 2.23. The summed E-state index contributed by atoms with van der Waals surface area (Å²) in [4.78, 5) is 2.27. The molecular formula is C14H20N2S. The molecule has 3 heteroatoms. The average Bonchev–Trinajstić information content (AvgIpc) is 2.35. The first-order valence-electron chi connectivity index (χ1n) is 6.39. The molecule has 2 nitrogen and oxygen atoms in total. The van der Waals surface area contributed by atoms with Crippen LogP contribution in [0.25, 0.3) is 0 Å². The van der Waals surface area contributed by atoms with Crippen molar-refractivity contribution in [2.24, 2.45) is 0 Å². The minimum absolute atomic E-state index is 0.488. The molecule has 0 amide bonds. The number of rotatable bonds is 2. The highest BCUT2D eigenvalue weighted by atomic mass is 32.1. The molecule has 1 aliphatic rings. The number of hydrogen-bond donors (Lipinski definition) is 1. The zero-order chi connectivity index (χ0) is 12.3. The Hall–Kier alpha value is -1.09. The first-order valence-corrected chi connectivity index (χ1v) is 6.79. The molecule has 1 N–H and O–H groups in total. The second-order valence-corrected chi connectivity index (χ2v) is 5.01. The fourth-order valence-electron chi connectivity index (χ4n) is 2.31. The van der Waals surface area contributed by atoms with Crippen LogP contribution in [0.2, 0.25) is 0 Å². The van der Waals surface area contributed by atoms with Crippen LogP contribution in [0.3, 0.4) is 0 Å². The molecule has 0 saturated heterocycles. The van der Waals surface area contributed by atoms with Crippen molar-refractivity contribution in [2.75, 3.05) is 11.4 Å². The first kappa shape index (κ1) is 12.4. The largest absolute Gasteiger partial charge is 0.362 e. The Morgan fingerprint density at radius 1 is 1.47 bits per heavy atom. The number of nitrogens with zero attached hydrogens (tertiary/aromatic N) is 1. The quantitative estimate of drug-likeness (QED) is 0.810. The molecular weight excluding hydrogens is 228 g/mol. The summed E-state index contributed by atoms with van der Waals surface area (Å²) >= 11 is 5.51. The number of thiocarbonyl (C=S) groups is 1. The first-order chi connectivity index (χ1) is 8.24. The summed E-state index contributed by atoms with van der Waals surface area (Å²) in [7, 11) is 0. The molecule has 1 aliphatic heterocycles. The van der Waals surface area contributed by atoms with Crippen LogP contribution in [0.1, 0.15) is 32.3 Å². The number of hydrogen-bond acceptors (Lipinski definition) is 1. The van der Waals surface area contributed by atoms with Gasteiger partial charge in [-0.3, -0.25) is 0 Å². The molecule has 0 fully saturated rings. The van der Waals surface area contributed by atoms with Crippen molar-refractivity contribution in [2.45, 2.75) is 39.2 Å². The van der Waals surface area contributed by atoms with E-state index in [4.69, 9.17) is 12.2 Å². The number of para-hydroxylation sites is 1. The third-order valence-electron chi connectivity index (χ3n) is 3.27. The van der Waals surface area contributed by atoms with Crippen LogP contribution in [0.4, 0.5) is 5.69 Å². The summed E-state index contributed by atoms with van der Waals surface area (Å²) in [5, 5.41) is 4.20. The van der Waals surface area contributed by atoms with Gasteiger partial charge in [0, 0.05) is 18.3 Å². The maximum Gasteiger partial charge on any atom is 0.173 e. The van der Waals surface area contributed by atoms with Crippen molar-refractivity contribution < 1.29 is 0 Å². The molecule has 1 aromatic rings. The molecule has 2 rings (SSSR count). The highest BCUT2D eigenvalue weighted by molar-refractivity contribution is 7.80. The van der Waals surface area contributed by atoms with Gasteiger partial charge < -0.3 is 10.2 Å². The van der Waals surface area contributed by atoms with Gasteiger partial charge in [-0.1, -0.05) is 25.1 Å². The van der Waals surface area contributed by atoms with E-state index in [9.17, 15) is 0 Å². The van der Waals surface area contributed by atoms with Crippen LogP contribution in [0.15, 0.2) is 24.3 Å². The molecule has 0 saturated carbocycles. The van der Waals surface area contributed by atoms with Crippen LogP contribution >= 0.6 is 12.2 Å². The van der Waals surface area contributed by atoms with E-state index in [1.807, 2.05) is 0 Å². The van der Waals surface area contributed by atoms with Crippen LogP contribution in [0.5, 0.6) is 0 Å². The smallest absolute Gasteiger partial charge is 0.173 e. The zero-order valence-electron chi connectivity index (χ0n) is 10.6. The predicted molar refractivity (Wildman–Crippen MR) is 77.6 cm³/mol. The molecule has 0 aliphatic carbocycles. The van der Waals surface area contributed by atoms with Crippen LogP contribution in [-0.2, 0) is 6.42 Å². The lowest BCUT2D eigenvalue weighted by molar-refractivity contribution is 0.622. The van der Waals surface area contributed by atoms with Gasteiger partial charge >= 0.3 is 0 Å². The van der Waals surface area contributed by atoms with Crippen molar-refractivity contribution in [3.05, 3.63) is 29.8 Å². The highest BCUT2D eigenvalue weighted by Gasteiger charge is 2.25. The SMILES string of the molecule is CCCNC(=S)N1c2ccccc2CC[C@H]1C. The normalized spacial score (nSPS) is 18.7. The molecule has 0 radical (unpaired) electrons. The topological polar surface area (TPSA) is 15.3 Å². The lowest BCUT2D eigenvalue weighted by atomic mass is 9.97. The van der Waals surface area contributed by atoms with E-state index in [2.05, 4.69) is 48.3 Å². The Morgan fingerprint density at radius 2 is 2.24 bits per heavy atom. The van der Waals surface area contributed by atoms with Crippen molar-refractivity contribution in [1.82, 2.24) is 5.32 Å². The van der Waals surface area contributed by atoms with E-state index in [-0.39, 0.29) is 0 Å². The second-order valence-electron chi connectivity index (χ2n) is 4.62. The average molecular weight is 248 g/mol. The van der Waals surface area contributed by atoms with Gasteiger partial charge in [-0.25, -0.2) is 0 Å². The number of benzene rings is 1. The van der Waals surface area contributed by atoms with Gasteiger partial charge in [0.05, 0.1) is 0 Å². The van der Waals surface area contributed by atoms with Gasteiger partial charge in [-0.15, -0.1) is 0 Å². The van der Waals surface area contributed by atoms with Crippen molar-refractivity contribution in [3.63, 3.8) is 0 Å². The van der Waals surface area contributed by atoms with Crippen LogP contribution in [0, 0.1) is 0 Å². The predicted octanol–water partition coefficient (Wildman–Crippen LogP) is 3.11. The van der Waals surface area contributed by atoms with Gasteiger partial charge in [0.2, 0.25) is 0 Å². The molecule has 17 heavy (non-hydrogen) atoms. The molecule has 0 spiro atoms. The van der Waals surface area contributed by atoms with E-state index < -0.39 is 0 Å². The number of aryl methyl sites for hydroxylation is 1. The standard InChI is InChI=1S/C14H20N2S/c1-3-10-15-14(17)16-11(2)8-9-12-6-4-5-7-13(12)16/h4-7,11H,3,8-10H2,1-2H3,(H,15,17)/t11-/m1/s1. The highest BCUT2D eigenvalue weighted by Crippen LogP contribution is 2.30. The zero-order valence-corrected chi connectivity index (χ0v) is 11.4. The summed E-state index contributed by atoms with van der Waals surface area (Å²) < 4.78 is 0. The van der Waals surface area contributed by atoms with E-state index in [0.717, 1.165) is 24.5 Å². The number of fused-ring (bicyclic) bond motifs is 1. The second kappa shape index (κ2) is 5.50. The molecule has 92 valence electrons. The lowest BCUT2D eigenvalue weighted by Crippen LogP contribution is -2.47. The van der Waals surface area contributed by atoms with Gasteiger partial charge in [-0.05, 0) is 50.0 Å². The fourth-order valence-corrected chi connectivity index (χ4v) is 2.70. The summed E-state index contributed by atoms with van der Waals surface area (Å²) in [6, 6.07) is 9.06. The molecule has 0 unspecified atom stereocenters. The van der Waals surface area contributed by atoms with Crippen molar-refractivity contribution in [1.29, 1.82) is 0 Å². The van der Waals surface area contributed by atoms with Crippen LogP contribution < -0.4 is 10.2 Å². The maximum atomic E-state index is 5.51. The van der Waals surface area contributed by atoms with Gasteiger partial charge in [-0.2, -0.15) is 0 Å². The van der Waals surface area contributed by atoms with Gasteiger partial charge in [0.15, 0.2) is 5.11 Å².